The zero-order valence-electron chi connectivity index (χ0n) is 12.9. The van der Waals surface area contributed by atoms with E-state index >= 15 is 0 Å². The average Bonchev–Trinajstić information content (AvgIpc) is 2.95. The minimum Gasteiger partial charge on any atom is -0.468 e. The molecule has 3 rings (SSSR count). The maximum absolute atomic E-state index is 12.5. The lowest BCUT2D eigenvalue weighted by molar-refractivity contribution is -0.237. The van der Waals surface area contributed by atoms with Gasteiger partial charge in [0.25, 0.3) is 0 Å². The molecule has 1 heterocycles. The van der Waals surface area contributed by atoms with Gasteiger partial charge in [-0.1, -0.05) is 13.0 Å². The summed E-state index contributed by atoms with van der Waals surface area (Å²) in [6.07, 6.45) is 4.51. The summed E-state index contributed by atoms with van der Waals surface area (Å²) in [5, 5.41) is 0. The van der Waals surface area contributed by atoms with Gasteiger partial charge in [-0.2, -0.15) is 0 Å². The third-order valence-electron chi connectivity index (χ3n) is 5.55. The Morgan fingerprint density at radius 2 is 1.90 bits per heavy atom. The summed E-state index contributed by atoms with van der Waals surface area (Å²) < 4.78 is 16.9. The molecule has 0 aromatic rings. The zero-order chi connectivity index (χ0) is 15.3. The minimum absolute atomic E-state index is 0.0758. The molecule has 2 fully saturated rings. The second-order valence-electron chi connectivity index (χ2n) is 6.48. The van der Waals surface area contributed by atoms with E-state index in [9.17, 15) is 9.59 Å². The molecule has 1 unspecified atom stereocenters. The van der Waals surface area contributed by atoms with Crippen LogP contribution in [0.5, 0.6) is 0 Å². The van der Waals surface area contributed by atoms with Gasteiger partial charge < -0.3 is 14.2 Å². The Bertz CT molecular complexity index is 507. The van der Waals surface area contributed by atoms with Crippen molar-refractivity contribution >= 4 is 11.8 Å². The molecule has 21 heavy (non-hydrogen) atoms. The SMILES string of the molecule is COC(=O)[C@@]1(C)C(=O)CCC2(C)C1=CCCC21OCCO1. The highest BCUT2D eigenvalue weighted by Gasteiger charge is 2.64. The topological polar surface area (TPSA) is 61.8 Å². The number of esters is 1. The van der Waals surface area contributed by atoms with E-state index in [0.29, 0.717) is 26.1 Å². The van der Waals surface area contributed by atoms with Gasteiger partial charge in [-0.3, -0.25) is 9.59 Å². The van der Waals surface area contributed by atoms with Crippen molar-refractivity contribution in [2.45, 2.75) is 45.3 Å². The van der Waals surface area contributed by atoms with Gasteiger partial charge in [-0.05, 0) is 25.3 Å². The summed E-state index contributed by atoms with van der Waals surface area (Å²) >= 11 is 0. The van der Waals surface area contributed by atoms with E-state index < -0.39 is 22.6 Å². The van der Waals surface area contributed by atoms with E-state index in [0.717, 1.165) is 18.4 Å². The quantitative estimate of drug-likeness (QED) is 0.420. The summed E-state index contributed by atoms with van der Waals surface area (Å²) in [5.41, 5.74) is -0.866. The largest absolute Gasteiger partial charge is 0.468 e. The summed E-state index contributed by atoms with van der Waals surface area (Å²) in [4.78, 5) is 24.8. The molecule has 0 aromatic heterocycles. The van der Waals surface area contributed by atoms with Crippen LogP contribution in [0.25, 0.3) is 0 Å². The van der Waals surface area contributed by atoms with Crippen molar-refractivity contribution in [1.82, 2.24) is 0 Å². The molecule has 0 bridgehead atoms. The summed E-state index contributed by atoms with van der Waals surface area (Å²) in [7, 11) is 1.33. The number of hydrogen-bond acceptors (Lipinski definition) is 5. The van der Waals surface area contributed by atoms with Crippen molar-refractivity contribution in [2.24, 2.45) is 10.8 Å². The van der Waals surface area contributed by atoms with E-state index in [4.69, 9.17) is 14.2 Å². The molecule has 1 saturated heterocycles. The predicted molar refractivity (Wildman–Crippen MR) is 74.4 cm³/mol. The lowest BCUT2D eigenvalue weighted by Gasteiger charge is -2.54. The maximum atomic E-state index is 12.5. The number of hydrogen-bond donors (Lipinski definition) is 0. The lowest BCUT2D eigenvalue weighted by atomic mass is 9.53. The number of carbonyl (C=O) groups excluding carboxylic acids is 2. The first-order chi connectivity index (χ1) is 9.91. The van der Waals surface area contributed by atoms with Crippen LogP contribution < -0.4 is 0 Å². The fourth-order valence-corrected chi connectivity index (χ4v) is 4.30. The zero-order valence-corrected chi connectivity index (χ0v) is 12.9. The van der Waals surface area contributed by atoms with Crippen LogP contribution in [0.4, 0.5) is 0 Å². The Kier molecular flexibility index (Phi) is 3.26. The highest BCUT2D eigenvalue weighted by molar-refractivity contribution is 6.07. The van der Waals surface area contributed by atoms with Crippen LogP contribution >= 0.6 is 0 Å². The standard InChI is InChI=1S/C16H22O5/c1-14-8-6-12(17)15(2,13(18)19-3)11(14)5-4-7-16(14)20-9-10-21-16/h5H,4,6-10H2,1-3H3/t14?,15-/m1/s1. The Labute approximate surface area is 124 Å². The lowest BCUT2D eigenvalue weighted by Crippen LogP contribution is -2.59. The third-order valence-corrected chi connectivity index (χ3v) is 5.55. The van der Waals surface area contributed by atoms with E-state index in [1.165, 1.54) is 7.11 Å². The monoisotopic (exact) mass is 294 g/mol. The highest BCUT2D eigenvalue weighted by atomic mass is 16.7. The number of ether oxygens (including phenoxy) is 3. The Hall–Kier alpha value is -1.20. The van der Waals surface area contributed by atoms with E-state index in [-0.39, 0.29) is 5.78 Å². The van der Waals surface area contributed by atoms with Gasteiger partial charge in [-0.25, -0.2) is 0 Å². The number of ketones is 1. The number of fused-ring (bicyclic) bond motifs is 2. The molecule has 2 aliphatic carbocycles. The Morgan fingerprint density at radius 3 is 2.52 bits per heavy atom. The van der Waals surface area contributed by atoms with Crippen LogP contribution in [-0.4, -0.2) is 37.9 Å². The van der Waals surface area contributed by atoms with Crippen molar-refractivity contribution in [1.29, 1.82) is 0 Å². The Balaban J connectivity index is 2.12. The maximum Gasteiger partial charge on any atom is 0.323 e. The van der Waals surface area contributed by atoms with Gasteiger partial charge in [0.2, 0.25) is 0 Å². The van der Waals surface area contributed by atoms with Gasteiger partial charge in [0.05, 0.1) is 20.3 Å². The molecule has 0 amide bonds. The molecular formula is C16H22O5. The number of methoxy groups -OCH3 is 1. The van der Waals surface area contributed by atoms with Crippen LogP contribution in [0, 0.1) is 10.8 Å². The van der Waals surface area contributed by atoms with Crippen molar-refractivity contribution in [3.63, 3.8) is 0 Å². The normalized spacial score (nSPS) is 38.0. The first-order valence-electron chi connectivity index (χ1n) is 7.51. The van der Waals surface area contributed by atoms with E-state index in [1.54, 1.807) is 6.92 Å². The molecule has 5 nitrogen and oxygen atoms in total. The van der Waals surface area contributed by atoms with Gasteiger partial charge in [0.1, 0.15) is 5.41 Å². The van der Waals surface area contributed by atoms with Crippen LogP contribution in [0.15, 0.2) is 11.6 Å². The fourth-order valence-electron chi connectivity index (χ4n) is 4.30. The summed E-state index contributed by atoms with van der Waals surface area (Å²) in [5.74, 6) is -1.26. The van der Waals surface area contributed by atoms with Crippen LogP contribution in [-0.2, 0) is 23.8 Å². The second-order valence-corrected chi connectivity index (χ2v) is 6.48. The third kappa shape index (κ3) is 1.70. The number of rotatable bonds is 1. The van der Waals surface area contributed by atoms with Gasteiger partial charge >= 0.3 is 5.97 Å². The average molecular weight is 294 g/mol. The predicted octanol–water partition coefficient (Wildman–Crippen LogP) is 2.00. The molecule has 2 atom stereocenters. The van der Waals surface area contributed by atoms with Gasteiger partial charge in [0, 0.05) is 18.3 Å². The number of carbonyl (C=O) groups is 2. The number of Topliss-reactive ketones (excluding diaryl/α,β-unsaturated/α-hetero) is 1. The van der Waals surface area contributed by atoms with Crippen molar-refractivity contribution < 1.29 is 23.8 Å². The van der Waals surface area contributed by atoms with Gasteiger partial charge in [0.15, 0.2) is 11.6 Å². The summed E-state index contributed by atoms with van der Waals surface area (Å²) in [6.45, 7) is 4.85. The van der Waals surface area contributed by atoms with Crippen LogP contribution in [0.3, 0.4) is 0 Å². The van der Waals surface area contributed by atoms with Crippen LogP contribution in [0.2, 0.25) is 0 Å². The highest BCUT2D eigenvalue weighted by Crippen LogP contribution is 2.60. The number of allylic oxidation sites excluding steroid dienone is 1. The summed E-state index contributed by atoms with van der Waals surface area (Å²) in [6, 6.07) is 0. The molecule has 1 spiro atoms. The molecule has 0 N–H and O–H groups in total. The molecule has 3 aliphatic rings. The van der Waals surface area contributed by atoms with Crippen molar-refractivity contribution in [3.8, 4) is 0 Å². The molecule has 1 saturated carbocycles. The first kappa shape index (κ1) is 14.7. The smallest absolute Gasteiger partial charge is 0.323 e. The van der Waals surface area contributed by atoms with E-state index in [2.05, 4.69) is 6.92 Å². The van der Waals surface area contributed by atoms with Gasteiger partial charge in [-0.15, -0.1) is 0 Å². The molecule has 0 aromatic carbocycles. The van der Waals surface area contributed by atoms with Crippen molar-refractivity contribution in [3.05, 3.63) is 11.6 Å². The molecule has 116 valence electrons. The van der Waals surface area contributed by atoms with E-state index in [1.807, 2.05) is 6.08 Å². The minimum atomic E-state index is -1.22. The molecule has 0 radical (unpaired) electrons. The second kappa shape index (κ2) is 4.65. The fraction of sp³-hybridized carbons (Fsp3) is 0.750. The Morgan fingerprint density at radius 1 is 1.24 bits per heavy atom. The molecular weight excluding hydrogens is 272 g/mol. The molecule has 1 aliphatic heterocycles. The van der Waals surface area contributed by atoms with Crippen LogP contribution in [0.1, 0.15) is 39.5 Å². The van der Waals surface area contributed by atoms with Crippen molar-refractivity contribution in [2.75, 3.05) is 20.3 Å². The first-order valence-corrected chi connectivity index (χ1v) is 7.51. The molecule has 5 heteroatoms.